The van der Waals surface area contributed by atoms with Gasteiger partial charge >= 0.3 is 0 Å². The summed E-state index contributed by atoms with van der Waals surface area (Å²) in [5.74, 6) is 2.75. The third-order valence-corrected chi connectivity index (χ3v) is 5.25. The second kappa shape index (κ2) is 5.64. The lowest BCUT2D eigenvalue weighted by Crippen LogP contribution is -2.21. The molecule has 2 aliphatic rings. The molecule has 0 radical (unpaired) electrons. The number of fused-ring (bicyclic) bond motifs is 1. The predicted octanol–water partition coefficient (Wildman–Crippen LogP) is 4.90. The van der Waals surface area contributed by atoms with Crippen molar-refractivity contribution in [2.75, 3.05) is 6.61 Å². The van der Waals surface area contributed by atoms with Gasteiger partial charge in [-0.1, -0.05) is 47.0 Å². The van der Waals surface area contributed by atoms with E-state index < -0.39 is 0 Å². The van der Waals surface area contributed by atoms with E-state index in [9.17, 15) is 0 Å². The first-order valence-corrected chi connectivity index (χ1v) is 8.10. The number of alkyl halides is 1. The monoisotopic (exact) mass is 308 g/mol. The summed E-state index contributed by atoms with van der Waals surface area (Å²) >= 11 is 3.80. The fourth-order valence-electron chi connectivity index (χ4n) is 3.50. The molecule has 1 aromatic rings. The van der Waals surface area contributed by atoms with E-state index in [-0.39, 0.29) is 0 Å². The second-order valence-corrected chi connectivity index (χ2v) is 7.03. The summed E-state index contributed by atoms with van der Waals surface area (Å²) in [6.45, 7) is 0.895. The molecule has 0 saturated heterocycles. The van der Waals surface area contributed by atoms with Crippen molar-refractivity contribution in [2.24, 2.45) is 5.92 Å². The van der Waals surface area contributed by atoms with Crippen molar-refractivity contribution in [2.45, 2.75) is 49.3 Å². The Morgan fingerprint density at radius 2 is 2.06 bits per heavy atom. The molecule has 3 rings (SSSR count). The first-order valence-electron chi connectivity index (χ1n) is 7.18. The van der Waals surface area contributed by atoms with Crippen LogP contribution in [-0.2, 0) is 0 Å². The number of hydrogen-bond donors (Lipinski definition) is 0. The molecule has 1 nitrogen and oxygen atoms in total. The van der Waals surface area contributed by atoms with Crippen LogP contribution in [0, 0.1) is 5.92 Å². The quantitative estimate of drug-likeness (QED) is 0.706. The zero-order valence-electron chi connectivity index (χ0n) is 10.8. The molecule has 1 aliphatic carbocycles. The van der Waals surface area contributed by atoms with E-state index >= 15 is 0 Å². The average molecular weight is 309 g/mol. The Morgan fingerprint density at radius 1 is 1.17 bits per heavy atom. The van der Waals surface area contributed by atoms with Gasteiger partial charge < -0.3 is 4.74 Å². The van der Waals surface area contributed by atoms with Crippen LogP contribution in [0.15, 0.2) is 24.3 Å². The summed E-state index contributed by atoms with van der Waals surface area (Å²) in [6, 6.07) is 8.61. The lowest BCUT2D eigenvalue weighted by molar-refractivity contribution is 0.239. The van der Waals surface area contributed by atoms with Crippen LogP contribution in [0.3, 0.4) is 0 Å². The van der Waals surface area contributed by atoms with Crippen molar-refractivity contribution in [1.29, 1.82) is 0 Å². The topological polar surface area (TPSA) is 9.23 Å². The van der Waals surface area contributed by atoms with Crippen LogP contribution in [-0.4, -0.2) is 11.4 Å². The minimum Gasteiger partial charge on any atom is -0.493 e. The molecule has 0 aromatic heterocycles. The van der Waals surface area contributed by atoms with Crippen molar-refractivity contribution < 1.29 is 4.74 Å². The van der Waals surface area contributed by atoms with Crippen LogP contribution in [0.5, 0.6) is 5.75 Å². The molecule has 3 unspecified atom stereocenters. The van der Waals surface area contributed by atoms with Gasteiger partial charge in [0.15, 0.2) is 0 Å². The second-order valence-electron chi connectivity index (χ2n) is 5.74. The summed E-state index contributed by atoms with van der Waals surface area (Å²) < 4.78 is 5.75. The van der Waals surface area contributed by atoms with E-state index in [1.54, 1.807) is 0 Å². The van der Waals surface area contributed by atoms with E-state index in [1.165, 1.54) is 44.1 Å². The first-order chi connectivity index (χ1) is 8.83. The normalized spacial score (nSPS) is 31.5. The van der Waals surface area contributed by atoms with Crippen molar-refractivity contribution in [1.82, 2.24) is 0 Å². The van der Waals surface area contributed by atoms with Gasteiger partial charge in [-0.3, -0.25) is 0 Å². The van der Waals surface area contributed by atoms with E-state index in [0.29, 0.717) is 0 Å². The molecule has 3 atom stereocenters. The Balaban J connectivity index is 1.70. The maximum Gasteiger partial charge on any atom is 0.122 e. The highest BCUT2D eigenvalue weighted by molar-refractivity contribution is 9.09. The van der Waals surface area contributed by atoms with Gasteiger partial charge in [-0.15, -0.1) is 0 Å². The summed E-state index contributed by atoms with van der Waals surface area (Å²) in [4.78, 5) is 0.756. The number of ether oxygens (including phenoxy) is 1. The van der Waals surface area contributed by atoms with Crippen LogP contribution < -0.4 is 4.74 Å². The number of hydrogen-bond acceptors (Lipinski definition) is 1. The van der Waals surface area contributed by atoms with E-state index in [2.05, 4.69) is 40.2 Å². The molecule has 98 valence electrons. The largest absolute Gasteiger partial charge is 0.493 e. The Hall–Kier alpha value is -0.500. The van der Waals surface area contributed by atoms with Gasteiger partial charge in [-0.05, 0) is 49.1 Å². The highest BCUT2D eigenvalue weighted by Crippen LogP contribution is 2.41. The van der Waals surface area contributed by atoms with Crippen molar-refractivity contribution in [3.63, 3.8) is 0 Å². The Labute approximate surface area is 118 Å². The smallest absolute Gasteiger partial charge is 0.122 e. The fraction of sp³-hybridized carbons (Fsp3) is 0.625. The van der Waals surface area contributed by atoms with Gasteiger partial charge in [-0.2, -0.15) is 0 Å². The van der Waals surface area contributed by atoms with E-state index in [0.717, 1.165) is 29.0 Å². The number of halogens is 1. The first kappa shape index (κ1) is 12.5. The van der Waals surface area contributed by atoms with Gasteiger partial charge in [0.25, 0.3) is 0 Å². The molecule has 18 heavy (non-hydrogen) atoms. The zero-order chi connectivity index (χ0) is 12.4. The van der Waals surface area contributed by atoms with E-state index in [1.807, 2.05) is 0 Å². The fourth-order valence-corrected chi connectivity index (χ4v) is 4.35. The van der Waals surface area contributed by atoms with Gasteiger partial charge in [0.05, 0.1) is 6.61 Å². The molecular weight excluding hydrogens is 288 g/mol. The van der Waals surface area contributed by atoms with Crippen molar-refractivity contribution in [3.8, 4) is 5.75 Å². The lowest BCUT2D eigenvalue weighted by Gasteiger charge is -2.32. The Bertz CT molecular complexity index is 404. The molecule has 1 aromatic carbocycles. The van der Waals surface area contributed by atoms with Gasteiger partial charge in [-0.25, -0.2) is 0 Å². The number of para-hydroxylation sites is 1. The highest BCUT2D eigenvalue weighted by atomic mass is 79.9. The van der Waals surface area contributed by atoms with Gasteiger partial charge in [0.2, 0.25) is 0 Å². The minimum atomic E-state index is 0.720. The third-order valence-electron chi connectivity index (χ3n) is 4.42. The van der Waals surface area contributed by atoms with Crippen LogP contribution in [0.4, 0.5) is 0 Å². The zero-order valence-corrected chi connectivity index (χ0v) is 12.4. The lowest BCUT2D eigenvalue weighted by atomic mass is 9.79. The summed E-state index contributed by atoms with van der Waals surface area (Å²) in [5, 5.41) is 0. The van der Waals surface area contributed by atoms with Crippen LogP contribution in [0.1, 0.15) is 50.0 Å². The molecule has 1 heterocycles. The minimum absolute atomic E-state index is 0.720. The maximum absolute atomic E-state index is 5.75. The third kappa shape index (κ3) is 2.74. The van der Waals surface area contributed by atoms with Crippen LogP contribution in [0.25, 0.3) is 0 Å². The van der Waals surface area contributed by atoms with E-state index in [4.69, 9.17) is 4.74 Å². The predicted molar refractivity (Wildman–Crippen MR) is 78.6 cm³/mol. The molecule has 1 aliphatic heterocycles. The van der Waals surface area contributed by atoms with Gasteiger partial charge in [0, 0.05) is 4.83 Å². The summed E-state index contributed by atoms with van der Waals surface area (Å²) in [5.41, 5.74) is 1.44. The Kier molecular flexibility index (Phi) is 3.93. The average Bonchev–Trinajstić information content (AvgIpc) is 2.39. The number of benzene rings is 1. The van der Waals surface area contributed by atoms with Crippen LogP contribution >= 0.6 is 15.9 Å². The summed E-state index contributed by atoms with van der Waals surface area (Å²) in [7, 11) is 0. The maximum atomic E-state index is 5.75. The van der Waals surface area contributed by atoms with Crippen LogP contribution in [0.2, 0.25) is 0 Å². The Morgan fingerprint density at radius 3 is 2.94 bits per heavy atom. The molecule has 0 spiro atoms. The van der Waals surface area contributed by atoms with Crippen molar-refractivity contribution in [3.05, 3.63) is 29.8 Å². The standard InChI is InChI=1S/C16H21BrO/c17-14-5-3-4-12(11-14)10-13-8-9-18-16-7-2-1-6-15(13)16/h1-2,6-7,12-14H,3-5,8-11H2. The number of rotatable bonds is 2. The van der Waals surface area contributed by atoms with Crippen molar-refractivity contribution >= 4 is 15.9 Å². The van der Waals surface area contributed by atoms with Gasteiger partial charge in [0.1, 0.15) is 5.75 Å². The molecular formula is C16H21BrO. The summed E-state index contributed by atoms with van der Waals surface area (Å²) in [6.07, 6.45) is 8.08. The molecule has 1 fully saturated rings. The molecule has 0 bridgehead atoms. The molecule has 0 N–H and O–H groups in total. The molecule has 2 heteroatoms. The molecule has 1 saturated carbocycles. The molecule has 0 amide bonds. The highest BCUT2D eigenvalue weighted by Gasteiger charge is 2.27. The SMILES string of the molecule is BrC1CCCC(CC2CCOc3ccccc32)C1.